The fourth-order valence-corrected chi connectivity index (χ4v) is 1.70. The zero-order valence-electron chi connectivity index (χ0n) is 13.4. The molecule has 0 aliphatic rings. The molecule has 0 aliphatic heterocycles. The van der Waals surface area contributed by atoms with E-state index in [1.165, 1.54) is 24.3 Å². The summed E-state index contributed by atoms with van der Waals surface area (Å²) >= 11 is 0. The van der Waals surface area contributed by atoms with Crippen LogP contribution in [-0.2, 0) is 4.79 Å². The van der Waals surface area contributed by atoms with Crippen LogP contribution in [0.3, 0.4) is 0 Å². The monoisotopic (exact) mass is 376 g/mol. The lowest BCUT2D eigenvalue weighted by Crippen LogP contribution is -2.09. The molecule has 0 aromatic heterocycles. The largest absolute Gasteiger partial charge is 0.478 e. The molecule has 0 amide bonds. The van der Waals surface area contributed by atoms with E-state index in [2.05, 4.69) is 4.84 Å². The number of para-hydroxylation sites is 1. The summed E-state index contributed by atoms with van der Waals surface area (Å²) in [4.78, 5) is 44.3. The Kier molecular flexibility index (Phi) is 7.60. The zero-order valence-corrected chi connectivity index (χ0v) is 13.4. The Morgan fingerprint density at radius 3 is 1.96 bits per heavy atom. The molecule has 2 aromatic rings. The van der Waals surface area contributed by atoms with Gasteiger partial charge < -0.3 is 10.2 Å². The molecule has 0 unspecified atom stereocenters. The number of rotatable bonds is 6. The van der Waals surface area contributed by atoms with Crippen molar-refractivity contribution in [2.45, 2.75) is 0 Å². The average Bonchev–Trinajstić information content (AvgIpc) is 2.60. The Balaban J connectivity index is 0.000000271. The first-order valence-electron chi connectivity index (χ1n) is 7.01. The molecular formula is C16H12N2O9. The number of benzene rings is 2. The minimum absolute atomic E-state index is 0.237. The van der Waals surface area contributed by atoms with E-state index in [9.17, 15) is 29.8 Å². The van der Waals surface area contributed by atoms with Crippen LogP contribution in [0, 0.1) is 20.2 Å². The van der Waals surface area contributed by atoms with E-state index in [-0.39, 0.29) is 11.3 Å². The molecule has 0 fully saturated rings. The van der Waals surface area contributed by atoms with E-state index in [0.717, 1.165) is 6.08 Å². The molecule has 0 heterocycles. The smallest absolute Gasteiger partial charge is 0.407 e. The van der Waals surface area contributed by atoms with Gasteiger partial charge in [-0.15, -0.1) is 10.1 Å². The van der Waals surface area contributed by atoms with E-state index < -0.39 is 27.6 Å². The Bertz CT molecular complexity index is 862. The van der Waals surface area contributed by atoms with Gasteiger partial charge in [0.15, 0.2) is 0 Å². The highest BCUT2D eigenvalue weighted by molar-refractivity contribution is 5.90. The maximum Gasteiger partial charge on any atom is 0.407 e. The fraction of sp³-hybridized carbons (Fsp3) is 0. The van der Waals surface area contributed by atoms with E-state index in [1.807, 2.05) is 0 Å². The maximum absolute atomic E-state index is 10.5. The van der Waals surface area contributed by atoms with E-state index in [4.69, 9.17) is 10.2 Å². The molecule has 140 valence electrons. The first-order chi connectivity index (χ1) is 12.7. The van der Waals surface area contributed by atoms with Gasteiger partial charge in [-0.1, -0.05) is 42.5 Å². The standard InChI is InChI=1S/C9H7NO4.C7H5NO5/c11-9(12)8(10(13)14)6-7-4-2-1-3-5-7;9-7(10)5-3-1-2-4-6(5)13-8(11)12/h1-6H,(H,11,12);1-4H,(H,9,10). The molecule has 11 heteroatoms. The van der Waals surface area contributed by atoms with Crippen molar-refractivity contribution in [1.29, 1.82) is 0 Å². The summed E-state index contributed by atoms with van der Waals surface area (Å²) in [5, 5.41) is 36.3. The molecule has 0 radical (unpaired) electrons. The molecule has 2 aromatic carbocycles. The number of hydrogen-bond donors (Lipinski definition) is 2. The Morgan fingerprint density at radius 1 is 0.926 bits per heavy atom. The van der Waals surface area contributed by atoms with Gasteiger partial charge in [-0.25, -0.2) is 9.59 Å². The highest BCUT2D eigenvalue weighted by Crippen LogP contribution is 2.17. The molecule has 0 aliphatic carbocycles. The van der Waals surface area contributed by atoms with E-state index in [1.54, 1.807) is 30.3 Å². The van der Waals surface area contributed by atoms with Crippen molar-refractivity contribution >= 4 is 18.0 Å². The number of nitrogens with zero attached hydrogens (tertiary/aromatic N) is 2. The molecule has 0 saturated carbocycles. The van der Waals surface area contributed by atoms with E-state index >= 15 is 0 Å². The summed E-state index contributed by atoms with van der Waals surface area (Å²) in [5.74, 6) is -3.09. The van der Waals surface area contributed by atoms with Gasteiger partial charge in [0.2, 0.25) is 0 Å². The van der Waals surface area contributed by atoms with Crippen LogP contribution < -0.4 is 4.84 Å². The van der Waals surface area contributed by atoms with Crippen molar-refractivity contribution in [2.24, 2.45) is 0 Å². The lowest BCUT2D eigenvalue weighted by Gasteiger charge is -2.01. The Hall–Kier alpha value is -4.28. The average molecular weight is 376 g/mol. The van der Waals surface area contributed by atoms with Gasteiger partial charge in [0.1, 0.15) is 5.75 Å². The number of aromatic carboxylic acids is 1. The van der Waals surface area contributed by atoms with Crippen molar-refractivity contribution < 1.29 is 34.6 Å². The maximum atomic E-state index is 10.5. The number of hydrogen-bond acceptors (Lipinski definition) is 7. The summed E-state index contributed by atoms with van der Waals surface area (Å²) in [5.41, 5.74) is -0.586. The van der Waals surface area contributed by atoms with Crippen LogP contribution in [0.2, 0.25) is 0 Å². The quantitative estimate of drug-likeness (QED) is 0.436. The summed E-state index contributed by atoms with van der Waals surface area (Å²) in [7, 11) is 0. The third kappa shape index (κ3) is 7.01. The van der Waals surface area contributed by atoms with Crippen LogP contribution in [0.4, 0.5) is 0 Å². The van der Waals surface area contributed by atoms with Crippen LogP contribution in [-0.4, -0.2) is 32.2 Å². The summed E-state index contributed by atoms with van der Waals surface area (Å²) < 4.78 is 0. The van der Waals surface area contributed by atoms with Gasteiger partial charge in [-0.2, -0.15) is 0 Å². The molecule has 0 saturated heterocycles. The van der Waals surface area contributed by atoms with Crippen LogP contribution in [0.15, 0.2) is 60.3 Å². The van der Waals surface area contributed by atoms with Crippen LogP contribution >= 0.6 is 0 Å². The molecular weight excluding hydrogens is 364 g/mol. The number of nitro groups is 1. The van der Waals surface area contributed by atoms with Crippen LogP contribution in [0.5, 0.6) is 5.75 Å². The second-order valence-corrected chi connectivity index (χ2v) is 4.62. The van der Waals surface area contributed by atoms with Crippen LogP contribution in [0.1, 0.15) is 15.9 Å². The summed E-state index contributed by atoms with van der Waals surface area (Å²) in [6.45, 7) is 0. The highest BCUT2D eigenvalue weighted by Gasteiger charge is 2.19. The molecule has 11 nitrogen and oxygen atoms in total. The van der Waals surface area contributed by atoms with Crippen molar-refractivity contribution in [3.05, 3.63) is 91.6 Å². The minimum atomic E-state index is -1.54. The molecule has 0 atom stereocenters. The lowest BCUT2D eigenvalue weighted by molar-refractivity contribution is -0.711. The molecule has 2 rings (SSSR count). The van der Waals surface area contributed by atoms with Crippen molar-refractivity contribution in [3.63, 3.8) is 0 Å². The Morgan fingerprint density at radius 2 is 1.48 bits per heavy atom. The lowest BCUT2D eigenvalue weighted by atomic mass is 10.2. The minimum Gasteiger partial charge on any atom is -0.478 e. The zero-order chi connectivity index (χ0) is 20.4. The third-order valence-electron chi connectivity index (χ3n) is 2.81. The first-order valence-corrected chi connectivity index (χ1v) is 7.01. The fourth-order valence-electron chi connectivity index (χ4n) is 1.70. The number of carbonyl (C=O) groups is 2. The predicted molar refractivity (Wildman–Crippen MR) is 90.1 cm³/mol. The van der Waals surface area contributed by atoms with Gasteiger partial charge in [0.05, 0.1) is 10.5 Å². The predicted octanol–water partition coefficient (Wildman–Crippen LogP) is 2.34. The third-order valence-corrected chi connectivity index (χ3v) is 2.81. The Labute approximate surface area is 151 Å². The second kappa shape index (κ2) is 9.88. The molecule has 0 spiro atoms. The first kappa shape index (κ1) is 20.8. The van der Waals surface area contributed by atoms with Crippen LogP contribution in [0.25, 0.3) is 6.08 Å². The van der Waals surface area contributed by atoms with Crippen molar-refractivity contribution in [3.8, 4) is 5.75 Å². The SMILES string of the molecule is O=C(O)C(=Cc1ccccc1)[N+](=O)[O-].O=C(O)c1ccccc1O[N+](=O)[O-]. The number of aliphatic carboxylic acids is 1. The number of carboxylic acid groups (broad SMARTS) is 2. The topological polar surface area (TPSA) is 170 Å². The van der Waals surface area contributed by atoms with E-state index in [0.29, 0.717) is 5.56 Å². The van der Waals surface area contributed by atoms with Gasteiger partial charge in [-0.3, -0.25) is 15.0 Å². The van der Waals surface area contributed by atoms with Crippen molar-refractivity contribution in [1.82, 2.24) is 0 Å². The van der Waals surface area contributed by atoms with Gasteiger partial charge in [0.25, 0.3) is 5.09 Å². The summed E-state index contributed by atoms with van der Waals surface area (Å²) in [6, 6.07) is 13.6. The molecule has 2 N–H and O–H groups in total. The number of carboxylic acids is 2. The van der Waals surface area contributed by atoms with Gasteiger partial charge >= 0.3 is 17.6 Å². The van der Waals surface area contributed by atoms with Gasteiger partial charge in [0, 0.05) is 6.08 Å². The van der Waals surface area contributed by atoms with Crippen molar-refractivity contribution in [2.75, 3.05) is 0 Å². The highest BCUT2D eigenvalue weighted by atomic mass is 17.0. The molecule has 0 bridgehead atoms. The summed E-state index contributed by atoms with van der Waals surface area (Å²) in [6.07, 6.45) is 1.02. The normalized spacial score (nSPS) is 10.1. The molecule has 27 heavy (non-hydrogen) atoms. The van der Waals surface area contributed by atoms with Gasteiger partial charge in [-0.05, 0) is 17.7 Å². The second-order valence-electron chi connectivity index (χ2n) is 4.62.